The predicted octanol–water partition coefficient (Wildman–Crippen LogP) is 1.42. The Morgan fingerprint density at radius 1 is 1.31 bits per heavy atom. The lowest BCUT2D eigenvalue weighted by atomic mass is 10.1. The first kappa shape index (κ1) is 9.59. The van der Waals surface area contributed by atoms with E-state index in [9.17, 15) is 4.79 Å². The molecule has 2 aliphatic heterocycles. The highest BCUT2D eigenvalue weighted by molar-refractivity contribution is 6.31. The van der Waals surface area contributed by atoms with Gasteiger partial charge in [-0.3, -0.25) is 0 Å². The Balaban J connectivity index is 1.98. The van der Waals surface area contributed by atoms with Crippen molar-refractivity contribution in [3.05, 3.63) is 22.7 Å². The second-order valence-corrected chi connectivity index (χ2v) is 4.04. The largest absolute Gasteiger partial charge is 0.454 e. The van der Waals surface area contributed by atoms with Gasteiger partial charge in [-0.15, -0.1) is 0 Å². The van der Waals surface area contributed by atoms with Crippen LogP contribution >= 0.6 is 11.6 Å². The van der Waals surface area contributed by atoms with Crippen molar-refractivity contribution in [2.45, 2.75) is 6.04 Å². The van der Waals surface area contributed by atoms with Crippen molar-refractivity contribution in [1.82, 2.24) is 10.6 Å². The second-order valence-electron chi connectivity index (χ2n) is 3.63. The smallest absolute Gasteiger partial charge is 0.315 e. The summed E-state index contributed by atoms with van der Waals surface area (Å²) >= 11 is 6.12. The zero-order valence-electron chi connectivity index (χ0n) is 8.25. The van der Waals surface area contributed by atoms with Crippen LogP contribution in [0.4, 0.5) is 4.79 Å². The van der Waals surface area contributed by atoms with E-state index in [-0.39, 0.29) is 18.9 Å². The van der Waals surface area contributed by atoms with E-state index in [2.05, 4.69) is 10.6 Å². The minimum Gasteiger partial charge on any atom is -0.454 e. The lowest BCUT2D eigenvalue weighted by molar-refractivity contribution is 0.174. The van der Waals surface area contributed by atoms with Crippen molar-refractivity contribution in [2.24, 2.45) is 0 Å². The van der Waals surface area contributed by atoms with E-state index < -0.39 is 0 Å². The molecule has 84 valence electrons. The van der Waals surface area contributed by atoms with Crippen LogP contribution in [0.15, 0.2) is 12.1 Å². The number of hydrogen-bond acceptors (Lipinski definition) is 3. The van der Waals surface area contributed by atoms with E-state index in [0.717, 1.165) is 5.56 Å². The van der Waals surface area contributed by atoms with Crippen LogP contribution in [0, 0.1) is 0 Å². The van der Waals surface area contributed by atoms with Crippen molar-refractivity contribution in [2.75, 3.05) is 13.3 Å². The number of benzene rings is 1. The van der Waals surface area contributed by atoms with E-state index in [0.29, 0.717) is 23.1 Å². The lowest BCUT2D eigenvalue weighted by Gasteiger charge is -2.11. The zero-order valence-corrected chi connectivity index (χ0v) is 9.00. The summed E-state index contributed by atoms with van der Waals surface area (Å²) in [7, 11) is 0. The van der Waals surface area contributed by atoms with Crippen molar-refractivity contribution < 1.29 is 14.3 Å². The first-order valence-electron chi connectivity index (χ1n) is 4.87. The molecule has 6 heteroatoms. The molecular formula is C10H9ClN2O3. The maximum absolute atomic E-state index is 11.1. The molecule has 3 rings (SSSR count). The number of rotatable bonds is 1. The lowest BCUT2D eigenvalue weighted by Crippen LogP contribution is -2.21. The van der Waals surface area contributed by atoms with Crippen LogP contribution in [0.2, 0.25) is 5.02 Å². The SMILES string of the molecule is O=C1NC[C@H](c2cc3c(cc2Cl)OCO3)N1. The Morgan fingerprint density at radius 2 is 2.06 bits per heavy atom. The quantitative estimate of drug-likeness (QED) is 0.781. The number of halogens is 1. The van der Waals surface area contributed by atoms with Crippen molar-refractivity contribution in [1.29, 1.82) is 0 Å². The maximum Gasteiger partial charge on any atom is 0.315 e. The van der Waals surface area contributed by atoms with Gasteiger partial charge in [-0.1, -0.05) is 11.6 Å². The van der Waals surface area contributed by atoms with Gasteiger partial charge in [-0.25, -0.2) is 4.79 Å². The van der Waals surface area contributed by atoms with E-state index in [1.807, 2.05) is 6.07 Å². The molecule has 2 N–H and O–H groups in total. The highest BCUT2D eigenvalue weighted by Gasteiger charge is 2.26. The average molecular weight is 241 g/mol. The third-order valence-electron chi connectivity index (χ3n) is 2.64. The van der Waals surface area contributed by atoms with Crippen molar-refractivity contribution in [3.63, 3.8) is 0 Å². The molecule has 0 saturated carbocycles. The number of urea groups is 1. The van der Waals surface area contributed by atoms with Crippen LogP contribution in [0.3, 0.4) is 0 Å². The van der Waals surface area contributed by atoms with Crippen LogP contribution < -0.4 is 20.1 Å². The fourth-order valence-electron chi connectivity index (χ4n) is 1.84. The molecule has 1 saturated heterocycles. The average Bonchev–Trinajstić information content (AvgIpc) is 2.84. The van der Waals surface area contributed by atoms with Crippen LogP contribution in [0.5, 0.6) is 11.5 Å². The number of amides is 2. The molecule has 0 unspecified atom stereocenters. The van der Waals surface area contributed by atoms with E-state index in [1.165, 1.54) is 0 Å². The summed E-state index contributed by atoms with van der Waals surface area (Å²) in [6, 6.07) is 3.22. The molecule has 16 heavy (non-hydrogen) atoms. The van der Waals surface area contributed by atoms with Crippen LogP contribution in [-0.4, -0.2) is 19.4 Å². The standard InChI is InChI=1S/C10H9ClN2O3/c11-6-2-9-8(15-4-16-9)1-5(6)7-3-12-10(14)13-7/h1-2,7H,3-4H2,(H2,12,13,14)/t7-/m1/s1. The summed E-state index contributed by atoms with van der Waals surface area (Å²) in [6.45, 7) is 0.739. The van der Waals surface area contributed by atoms with Crippen molar-refractivity contribution in [3.8, 4) is 11.5 Å². The summed E-state index contributed by atoms with van der Waals surface area (Å²) in [6.07, 6.45) is 0. The molecule has 0 spiro atoms. The van der Waals surface area contributed by atoms with Gasteiger partial charge in [0.1, 0.15) is 0 Å². The summed E-state index contributed by atoms with van der Waals surface area (Å²) in [4.78, 5) is 11.1. The molecule has 0 bridgehead atoms. The summed E-state index contributed by atoms with van der Waals surface area (Å²) in [5, 5.41) is 6.02. The Bertz CT molecular complexity index is 464. The van der Waals surface area contributed by atoms with Gasteiger partial charge in [0.25, 0.3) is 0 Å². The monoisotopic (exact) mass is 240 g/mol. The van der Waals surface area contributed by atoms with Crippen LogP contribution in [0.1, 0.15) is 11.6 Å². The highest BCUT2D eigenvalue weighted by Crippen LogP contribution is 2.39. The van der Waals surface area contributed by atoms with E-state index >= 15 is 0 Å². The highest BCUT2D eigenvalue weighted by atomic mass is 35.5. The molecule has 5 nitrogen and oxygen atoms in total. The van der Waals surface area contributed by atoms with Crippen LogP contribution in [0.25, 0.3) is 0 Å². The first-order chi connectivity index (χ1) is 7.74. The van der Waals surface area contributed by atoms with Crippen LogP contribution in [-0.2, 0) is 0 Å². The van der Waals surface area contributed by atoms with E-state index in [4.69, 9.17) is 21.1 Å². The summed E-state index contributed by atoms with van der Waals surface area (Å²) in [5.41, 5.74) is 0.837. The van der Waals surface area contributed by atoms with E-state index in [1.54, 1.807) is 6.07 Å². The summed E-state index contributed by atoms with van der Waals surface area (Å²) < 4.78 is 10.5. The fourth-order valence-corrected chi connectivity index (χ4v) is 2.13. The molecule has 1 aromatic carbocycles. The number of ether oxygens (including phenoxy) is 2. The molecule has 0 aliphatic carbocycles. The molecule has 0 radical (unpaired) electrons. The molecule has 2 heterocycles. The molecular weight excluding hydrogens is 232 g/mol. The van der Waals surface area contributed by atoms with Gasteiger partial charge in [0.2, 0.25) is 6.79 Å². The number of carbonyl (C=O) groups is 1. The second kappa shape index (κ2) is 3.45. The number of hydrogen-bond donors (Lipinski definition) is 2. The summed E-state index contributed by atoms with van der Waals surface area (Å²) in [5.74, 6) is 1.31. The Kier molecular flexibility index (Phi) is 2.07. The Hall–Kier alpha value is -1.62. The molecule has 1 fully saturated rings. The maximum atomic E-state index is 11.1. The molecule has 0 aromatic heterocycles. The van der Waals surface area contributed by atoms with Gasteiger partial charge in [0.05, 0.1) is 6.04 Å². The minimum atomic E-state index is -0.182. The first-order valence-corrected chi connectivity index (χ1v) is 5.25. The number of nitrogens with one attached hydrogen (secondary N) is 2. The Morgan fingerprint density at radius 3 is 2.75 bits per heavy atom. The van der Waals surface area contributed by atoms with Gasteiger partial charge >= 0.3 is 6.03 Å². The number of fused-ring (bicyclic) bond motifs is 1. The third-order valence-corrected chi connectivity index (χ3v) is 2.97. The predicted molar refractivity (Wildman–Crippen MR) is 56.9 cm³/mol. The van der Waals surface area contributed by atoms with Crippen molar-refractivity contribution >= 4 is 17.6 Å². The fraction of sp³-hybridized carbons (Fsp3) is 0.300. The minimum absolute atomic E-state index is 0.116. The zero-order chi connectivity index (χ0) is 11.1. The molecule has 1 aromatic rings. The Labute approximate surface area is 96.7 Å². The van der Waals surface area contributed by atoms with Gasteiger partial charge in [0.15, 0.2) is 11.5 Å². The molecule has 2 amide bonds. The van der Waals surface area contributed by atoms with Gasteiger partial charge < -0.3 is 20.1 Å². The number of carbonyl (C=O) groups excluding carboxylic acids is 1. The normalized spacial score (nSPS) is 21.8. The topological polar surface area (TPSA) is 59.6 Å². The van der Waals surface area contributed by atoms with Gasteiger partial charge in [-0.2, -0.15) is 0 Å². The van der Waals surface area contributed by atoms with Gasteiger partial charge in [0, 0.05) is 17.6 Å². The molecule has 2 aliphatic rings. The third kappa shape index (κ3) is 1.44. The van der Waals surface area contributed by atoms with Gasteiger partial charge in [-0.05, 0) is 11.6 Å². The molecule has 1 atom stereocenters.